The summed E-state index contributed by atoms with van der Waals surface area (Å²) < 4.78 is 26.5. The van der Waals surface area contributed by atoms with E-state index in [1.807, 2.05) is 30.3 Å². The van der Waals surface area contributed by atoms with Gasteiger partial charge in [-0.3, -0.25) is 10.0 Å². The molecule has 0 heterocycles. The van der Waals surface area contributed by atoms with E-state index in [9.17, 15) is 13.2 Å². The highest BCUT2D eigenvalue weighted by Crippen LogP contribution is 2.21. The van der Waals surface area contributed by atoms with Crippen LogP contribution in [0.1, 0.15) is 6.92 Å². The van der Waals surface area contributed by atoms with Gasteiger partial charge in [0.15, 0.2) is 0 Å². The lowest BCUT2D eigenvalue weighted by Crippen LogP contribution is -2.43. The van der Waals surface area contributed by atoms with Gasteiger partial charge in [-0.2, -0.15) is 4.72 Å². The molecule has 0 aliphatic rings. The highest BCUT2D eigenvalue weighted by molar-refractivity contribution is 7.89. The largest absolute Gasteiger partial charge is 0.289 e. The van der Waals surface area contributed by atoms with E-state index in [4.69, 9.17) is 5.21 Å². The summed E-state index contributed by atoms with van der Waals surface area (Å²) in [7, 11) is -3.84. The van der Waals surface area contributed by atoms with Crippen molar-refractivity contribution < 1.29 is 18.4 Å². The van der Waals surface area contributed by atoms with E-state index in [1.54, 1.807) is 12.1 Å². The average Bonchev–Trinajstić information content (AvgIpc) is 2.54. The molecular weight excluding hydrogens is 304 g/mol. The highest BCUT2D eigenvalue weighted by atomic mass is 32.2. The topological polar surface area (TPSA) is 95.5 Å². The maximum absolute atomic E-state index is 12.1. The number of nitrogens with one attached hydrogen (secondary N) is 2. The lowest BCUT2D eigenvalue weighted by atomic mass is 10.1. The Morgan fingerprint density at radius 1 is 1.00 bits per heavy atom. The molecule has 7 heteroatoms. The number of carbonyl (C=O) groups is 1. The fourth-order valence-corrected chi connectivity index (χ4v) is 3.11. The molecule has 2 aromatic carbocycles. The van der Waals surface area contributed by atoms with Crippen molar-refractivity contribution in [2.75, 3.05) is 0 Å². The van der Waals surface area contributed by atoms with Gasteiger partial charge in [-0.05, 0) is 30.2 Å². The summed E-state index contributed by atoms with van der Waals surface area (Å²) >= 11 is 0. The van der Waals surface area contributed by atoms with E-state index >= 15 is 0 Å². The van der Waals surface area contributed by atoms with E-state index < -0.39 is 22.0 Å². The van der Waals surface area contributed by atoms with Gasteiger partial charge in [-0.15, -0.1) is 0 Å². The van der Waals surface area contributed by atoms with Crippen LogP contribution < -0.4 is 10.2 Å². The number of hydrogen-bond acceptors (Lipinski definition) is 4. The lowest BCUT2D eigenvalue weighted by molar-refractivity contribution is -0.130. The fraction of sp³-hybridized carbons (Fsp3) is 0.133. The van der Waals surface area contributed by atoms with Gasteiger partial charge in [0, 0.05) is 0 Å². The molecule has 3 N–H and O–H groups in total. The molecule has 0 saturated carbocycles. The van der Waals surface area contributed by atoms with Crippen molar-refractivity contribution in [3.8, 4) is 11.1 Å². The van der Waals surface area contributed by atoms with Gasteiger partial charge in [-0.1, -0.05) is 42.5 Å². The first-order valence-corrected chi connectivity index (χ1v) is 8.04. The van der Waals surface area contributed by atoms with E-state index in [1.165, 1.54) is 24.5 Å². The predicted molar refractivity (Wildman–Crippen MR) is 81.6 cm³/mol. The van der Waals surface area contributed by atoms with Gasteiger partial charge < -0.3 is 0 Å². The average molecular weight is 320 g/mol. The Morgan fingerprint density at radius 3 is 2.09 bits per heavy atom. The van der Waals surface area contributed by atoms with Crippen LogP contribution in [-0.4, -0.2) is 25.6 Å². The standard InChI is InChI=1S/C15H16N2O4S/c1-11(15(18)16-19)17-22(20,21)14-9-7-13(8-10-14)12-5-3-2-4-6-12/h2-11,17,19H,1H3,(H,16,18)/t11-/m1/s1. The van der Waals surface area contributed by atoms with Gasteiger partial charge in [0.25, 0.3) is 5.91 Å². The maximum atomic E-state index is 12.1. The first kappa shape index (κ1) is 16.2. The summed E-state index contributed by atoms with van der Waals surface area (Å²) in [6.45, 7) is 1.33. The number of sulfonamides is 1. The molecule has 0 unspecified atom stereocenters. The van der Waals surface area contributed by atoms with Crippen LogP contribution in [-0.2, 0) is 14.8 Å². The van der Waals surface area contributed by atoms with Crippen LogP contribution in [0.25, 0.3) is 11.1 Å². The summed E-state index contributed by atoms with van der Waals surface area (Å²) in [6, 6.07) is 14.8. The summed E-state index contributed by atoms with van der Waals surface area (Å²) in [4.78, 5) is 11.2. The SMILES string of the molecule is C[C@@H](NS(=O)(=O)c1ccc(-c2ccccc2)cc1)C(=O)NO. The van der Waals surface area contributed by atoms with E-state index in [0.717, 1.165) is 11.1 Å². The molecule has 116 valence electrons. The highest BCUT2D eigenvalue weighted by Gasteiger charge is 2.21. The van der Waals surface area contributed by atoms with Crippen LogP contribution in [0.2, 0.25) is 0 Å². The van der Waals surface area contributed by atoms with Crippen LogP contribution in [0.4, 0.5) is 0 Å². The first-order chi connectivity index (χ1) is 10.4. The Morgan fingerprint density at radius 2 is 1.55 bits per heavy atom. The first-order valence-electron chi connectivity index (χ1n) is 6.56. The van der Waals surface area contributed by atoms with Crippen molar-refractivity contribution >= 4 is 15.9 Å². The van der Waals surface area contributed by atoms with Gasteiger partial charge in [0.1, 0.15) is 6.04 Å². The number of amides is 1. The number of carbonyl (C=O) groups excluding carboxylic acids is 1. The van der Waals surface area contributed by atoms with Crippen LogP contribution >= 0.6 is 0 Å². The zero-order chi connectivity index (χ0) is 16.2. The molecule has 0 radical (unpaired) electrons. The molecule has 0 aromatic heterocycles. The summed E-state index contributed by atoms with van der Waals surface area (Å²) in [5.41, 5.74) is 3.27. The molecule has 0 aliphatic heterocycles. The Balaban J connectivity index is 2.21. The van der Waals surface area contributed by atoms with Crippen LogP contribution in [0.15, 0.2) is 59.5 Å². The predicted octanol–water partition coefficient (Wildman–Crippen LogP) is 1.53. The van der Waals surface area contributed by atoms with Gasteiger partial charge in [-0.25, -0.2) is 13.9 Å². The second-order valence-electron chi connectivity index (χ2n) is 4.71. The van der Waals surface area contributed by atoms with E-state index in [2.05, 4.69) is 4.72 Å². The van der Waals surface area contributed by atoms with Crippen molar-refractivity contribution in [3.63, 3.8) is 0 Å². The number of benzene rings is 2. The minimum Gasteiger partial charge on any atom is -0.289 e. The summed E-state index contributed by atoms with van der Waals surface area (Å²) in [5.74, 6) is -0.829. The number of rotatable bonds is 5. The monoisotopic (exact) mass is 320 g/mol. The fourth-order valence-electron chi connectivity index (χ4n) is 1.91. The second-order valence-corrected chi connectivity index (χ2v) is 6.42. The zero-order valence-electron chi connectivity index (χ0n) is 11.9. The molecular formula is C15H16N2O4S. The molecule has 1 amide bonds. The maximum Gasteiger partial charge on any atom is 0.261 e. The molecule has 0 spiro atoms. The number of hydroxylamine groups is 1. The van der Waals surface area contributed by atoms with Crippen molar-refractivity contribution in [3.05, 3.63) is 54.6 Å². The molecule has 0 bridgehead atoms. The molecule has 1 atom stereocenters. The lowest BCUT2D eigenvalue weighted by Gasteiger charge is -2.12. The third kappa shape index (κ3) is 3.70. The van der Waals surface area contributed by atoms with Crippen LogP contribution in [0, 0.1) is 0 Å². The Bertz CT molecular complexity index is 743. The summed E-state index contributed by atoms with van der Waals surface area (Å²) in [6.07, 6.45) is 0. The smallest absolute Gasteiger partial charge is 0.261 e. The van der Waals surface area contributed by atoms with E-state index in [-0.39, 0.29) is 4.90 Å². The van der Waals surface area contributed by atoms with E-state index in [0.29, 0.717) is 0 Å². The molecule has 2 rings (SSSR count). The third-order valence-electron chi connectivity index (χ3n) is 3.11. The second kappa shape index (κ2) is 6.69. The van der Waals surface area contributed by atoms with Crippen LogP contribution in [0.5, 0.6) is 0 Å². The van der Waals surface area contributed by atoms with Crippen LogP contribution in [0.3, 0.4) is 0 Å². The molecule has 2 aromatic rings. The molecule has 22 heavy (non-hydrogen) atoms. The van der Waals surface area contributed by atoms with Crippen molar-refractivity contribution in [2.45, 2.75) is 17.9 Å². The van der Waals surface area contributed by atoms with Gasteiger partial charge in [0.05, 0.1) is 4.90 Å². The molecule has 6 nitrogen and oxygen atoms in total. The normalized spacial score (nSPS) is 12.6. The molecule has 0 aliphatic carbocycles. The summed E-state index contributed by atoms with van der Waals surface area (Å²) in [5, 5.41) is 8.50. The van der Waals surface area contributed by atoms with Gasteiger partial charge in [0.2, 0.25) is 10.0 Å². The quantitative estimate of drug-likeness (QED) is 0.575. The van der Waals surface area contributed by atoms with Crippen molar-refractivity contribution in [1.29, 1.82) is 0 Å². The van der Waals surface area contributed by atoms with Gasteiger partial charge >= 0.3 is 0 Å². The number of hydrogen-bond donors (Lipinski definition) is 3. The van der Waals surface area contributed by atoms with Crippen molar-refractivity contribution in [1.82, 2.24) is 10.2 Å². The Kier molecular flexibility index (Phi) is 4.92. The molecule has 0 fully saturated rings. The molecule has 0 saturated heterocycles. The zero-order valence-corrected chi connectivity index (χ0v) is 12.7. The Hall–Kier alpha value is -2.22. The van der Waals surface area contributed by atoms with Crippen molar-refractivity contribution in [2.24, 2.45) is 0 Å². The Labute approximate surface area is 128 Å². The third-order valence-corrected chi connectivity index (χ3v) is 4.66. The minimum atomic E-state index is -3.84. The minimum absolute atomic E-state index is 0.0461.